The molecule has 0 saturated carbocycles. The summed E-state index contributed by atoms with van der Waals surface area (Å²) in [6.45, 7) is 12.5. The van der Waals surface area contributed by atoms with Gasteiger partial charge in [0.1, 0.15) is 36.3 Å². The summed E-state index contributed by atoms with van der Waals surface area (Å²) < 4.78 is 0. The fraction of sp³-hybridized carbons (Fsp3) is 0.574. The number of rotatable bonds is 30. The van der Waals surface area contributed by atoms with Crippen molar-refractivity contribution in [1.82, 2.24) is 77.3 Å². The predicted octanol–water partition coefficient (Wildman–Crippen LogP) is -0.0300. The summed E-state index contributed by atoms with van der Waals surface area (Å²) in [5.74, 6) is -4.75. The topological polar surface area (TPSA) is 348 Å². The number of nitrogens with one attached hydrogen (secondary N) is 11. The number of likely N-dealkylation sites (tertiary alicyclic amines) is 1. The van der Waals surface area contributed by atoms with E-state index in [1.54, 1.807) is 12.4 Å². The zero-order valence-electron chi connectivity index (χ0n) is 45.6. The third-order valence-corrected chi connectivity index (χ3v) is 14.4. The lowest BCUT2D eigenvalue weighted by Gasteiger charge is -2.31. The van der Waals surface area contributed by atoms with Gasteiger partial charge in [0.2, 0.25) is 47.3 Å². The first-order chi connectivity index (χ1) is 37.4. The Morgan fingerprint density at radius 1 is 0.641 bits per heavy atom. The zero-order valence-corrected chi connectivity index (χ0v) is 45.6. The van der Waals surface area contributed by atoms with Crippen molar-refractivity contribution in [3.63, 3.8) is 0 Å². The molecule has 2 saturated heterocycles. The average Bonchev–Trinajstić information content (AvgIpc) is 4.28. The first-order valence-electron chi connectivity index (χ1n) is 27.2. The number of hydrogen-bond acceptors (Lipinski definition) is 13. The van der Waals surface area contributed by atoms with Crippen molar-refractivity contribution in [2.75, 3.05) is 19.6 Å². The number of primary amides is 1. The van der Waals surface area contributed by atoms with Gasteiger partial charge in [-0.2, -0.15) is 0 Å². The van der Waals surface area contributed by atoms with Crippen LogP contribution in [0.3, 0.4) is 0 Å². The molecule has 8 amide bonds. The SMILES string of the molecule is CC[C@H](C)[C@H](NC(=O)[C@@H](NC[C@H](CC(C)C)NC(=O)[C@H](Cc1cnc[nH]1)NC(=O)[C@H](Cc1ccccc1)NC(=O)[C@@H]1CCCN1C(=O)[C@H](Cc1cnc[nH]1)NC(=O)[C@@H]1CCCN1)C(C)C)C(=O)N[C@@H](Cc1cnc[nH]1)C(N)=O. The summed E-state index contributed by atoms with van der Waals surface area (Å²) >= 11 is 0. The molecule has 0 radical (unpaired) electrons. The predicted molar refractivity (Wildman–Crippen MR) is 289 cm³/mol. The summed E-state index contributed by atoms with van der Waals surface area (Å²) in [6.07, 6.45) is 12.6. The number of nitrogens with two attached hydrogens (primary N) is 1. The molecule has 2 fully saturated rings. The number of carbonyl (C=O) groups is 8. The van der Waals surface area contributed by atoms with E-state index in [2.05, 4.69) is 72.4 Å². The van der Waals surface area contributed by atoms with Gasteiger partial charge in [-0.1, -0.05) is 78.3 Å². The number of aromatic amines is 3. The Morgan fingerprint density at radius 3 is 1.76 bits per heavy atom. The molecule has 0 unspecified atom stereocenters. The highest BCUT2D eigenvalue weighted by Gasteiger charge is 2.41. The molecule has 2 aliphatic rings. The van der Waals surface area contributed by atoms with Gasteiger partial charge in [-0.15, -0.1) is 0 Å². The highest BCUT2D eigenvalue weighted by Crippen LogP contribution is 2.21. The van der Waals surface area contributed by atoms with Gasteiger partial charge in [-0.25, -0.2) is 15.0 Å². The number of imidazole rings is 3. The molecule has 2 aliphatic heterocycles. The molecule has 4 aromatic rings. The van der Waals surface area contributed by atoms with Gasteiger partial charge in [0.25, 0.3) is 0 Å². The third kappa shape index (κ3) is 17.5. The van der Waals surface area contributed by atoms with Crippen LogP contribution in [0.5, 0.6) is 0 Å². The molecule has 24 nitrogen and oxygen atoms in total. The molecule has 5 heterocycles. The number of benzene rings is 1. The van der Waals surface area contributed by atoms with Crippen LogP contribution in [0.15, 0.2) is 67.9 Å². The number of H-pyrrole nitrogens is 3. The Labute approximate surface area is 455 Å². The van der Waals surface area contributed by atoms with E-state index in [1.165, 1.54) is 30.1 Å². The highest BCUT2D eigenvalue weighted by atomic mass is 16.2. The number of aromatic nitrogens is 6. The molecule has 424 valence electrons. The van der Waals surface area contributed by atoms with Crippen LogP contribution in [0, 0.1) is 17.8 Å². The van der Waals surface area contributed by atoms with E-state index < -0.39 is 95.7 Å². The number of carbonyl (C=O) groups excluding carboxylic acids is 8. The van der Waals surface area contributed by atoms with Gasteiger partial charge in [0.15, 0.2) is 0 Å². The minimum atomic E-state index is -1.19. The van der Waals surface area contributed by atoms with Crippen molar-refractivity contribution in [1.29, 1.82) is 0 Å². The van der Waals surface area contributed by atoms with E-state index in [1.807, 2.05) is 71.9 Å². The molecule has 3 aromatic heterocycles. The lowest BCUT2D eigenvalue weighted by atomic mass is 9.95. The summed E-state index contributed by atoms with van der Waals surface area (Å²) in [5, 5.41) is 24.0. The van der Waals surface area contributed by atoms with Gasteiger partial charge < -0.3 is 68.1 Å². The number of amides is 8. The van der Waals surface area contributed by atoms with E-state index in [9.17, 15) is 38.4 Å². The van der Waals surface area contributed by atoms with E-state index in [0.29, 0.717) is 55.7 Å². The smallest absolute Gasteiger partial charge is 0.246 e. The second kappa shape index (κ2) is 29.3. The maximum atomic E-state index is 14.7. The van der Waals surface area contributed by atoms with Crippen LogP contribution < -0.4 is 48.3 Å². The molecule has 0 spiro atoms. The van der Waals surface area contributed by atoms with Crippen LogP contribution >= 0.6 is 0 Å². The third-order valence-electron chi connectivity index (χ3n) is 14.4. The van der Waals surface area contributed by atoms with Crippen molar-refractivity contribution in [3.05, 3.63) is 90.5 Å². The molecule has 1 aromatic carbocycles. The molecule has 13 N–H and O–H groups in total. The maximum Gasteiger partial charge on any atom is 0.246 e. The van der Waals surface area contributed by atoms with E-state index in [4.69, 9.17) is 5.73 Å². The Bertz CT molecular complexity index is 2550. The van der Waals surface area contributed by atoms with Crippen LogP contribution in [0.2, 0.25) is 0 Å². The Kier molecular flexibility index (Phi) is 22.5. The van der Waals surface area contributed by atoms with Crippen LogP contribution in [0.25, 0.3) is 0 Å². The van der Waals surface area contributed by atoms with Gasteiger partial charge in [0, 0.05) is 80.5 Å². The zero-order chi connectivity index (χ0) is 56.3. The molecule has 10 atom stereocenters. The minimum absolute atomic E-state index is 0.00468. The molecular weight excluding hydrogens is 1000 g/mol. The quantitative estimate of drug-likeness (QED) is 0.0327. The monoisotopic (exact) mass is 1080 g/mol. The normalized spacial score (nSPS) is 18.4. The fourth-order valence-corrected chi connectivity index (χ4v) is 9.93. The first-order valence-corrected chi connectivity index (χ1v) is 27.2. The summed E-state index contributed by atoms with van der Waals surface area (Å²) in [7, 11) is 0. The molecular formula is C54H80N16O8. The van der Waals surface area contributed by atoms with Gasteiger partial charge in [0.05, 0.1) is 31.1 Å². The summed E-state index contributed by atoms with van der Waals surface area (Å²) in [4.78, 5) is 134. The molecule has 0 bridgehead atoms. The molecule has 6 rings (SSSR count). The van der Waals surface area contributed by atoms with Crippen molar-refractivity contribution < 1.29 is 38.4 Å². The molecule has 0 aliphatic carbocycles. The minimum Gasteiger partial charge on any atom is -0.368 e. The second-order valence-electron chi connectivity index (χ2n) is 21.4. The fourth-order valence-electron chi connectivity index (χ4n) is 9.93. The highest BCUT2D eigenvalue weighted by molar-refractivity contribution is 5.97. The van der Waals surface area contributed by atoms with E-state index >= 15 is 0 Å². The van der Waals surface area contributed by atoms with Crippen molar-refractivity contribution in [3.8, 4) is 0 Å². The first kappa shape index (κ1) is 59.8. The standard InChI is InChI=1S/C54H80N16O8/c1-7-33(6)46(53(77)65-40(47(55)71)21-35-24-56-28-61-35)69-52(76)45(32(4)5)60-27-38(19-31(2)3)64-49(73)42(22-36-25-57-29-62-36)66-50(74)41(20-34-13-9-8-10-14-34)67-51(75)44-16-12-18-70(44)54(78)43(23-37-26-58-30-63-37)68-48(72)39-15-11-17-59-39/h8-10,13-14,24-26,28-33,38-46,59-60H,7,11-12,15-23,27H2,1-6H3,(H2,55,71)(H,56,61)(H,57,62)(H,58,63)(H,64,73)(H,65,77)(H,66,74)(H,67,75)(H,68,72)(H,69,76)/t33-,38-,39-,40-,41-,42-,43-,44-,45-,46-/m0/s1. The largest absolute Gasteiger partial charge is 0.368 e. The average molecular weight is 1080 g/mol. The van der Waals surface area contributed by atoms with Crippen molar-refractivity contribution in [2.24, 2.45) is 23.5 Å². The number of hydrogen-bond donors (Lipinski definition) is 12. The van der Waals surface area contributed by atoms with Gasteiger partial charge in [-0.3, -0.25) is 38.4 Å². The van der Waals surface area contributed by atoms with Crippen molar-refractivity contribution >= 4 is 47.3 Å². The second-order valence-corrected chi connectivity index (χ2v) is 21.4. The summed E-state index contributed by atoms with van der Waals surface area (Å²) in [6, 6.07) is 0.914. The molecule has 24 heteroatoms. The van der Waals surface area contributed by atoms with Crippen LogP contribution in [-0.2, 0) is 64.0 Å². The molecule has 78 heavy (non-hydrogen) atoms. The van der Waals surface area contributed by atoms with Crippen LogP contribution in [0.1, 0.15) is 103 Å². The lowest BCUT2D eigenvalue weighted by Crippen LogP contribution is -2.61. The lowest BCUT2D eigenvalue weighted by molar-refractivity contribution is -0.142. The maximum absolute atomic E-state index is 14.7. The van der Waals surface area contributed by atoms with E-state index in [0.717, 1.165) is 12.0 Å². The van der Waals surface area contributed by atoms with Gasteiger partial charge >= 0.3 is 0 Å². The number of nitrogens with zero attached hydrogens (tertiary/aromatic N) is 4. The van der Waals surface area contributed by atoms with Crippen LogP contribution in [-0.4, -0.2) is 156 Å². The Hall–Kier alpha value is -7.47. The Balaban J connectivity index is 1.16. The van der Waals surface area contributed by atoms with Crippen LogP contribution in [0.4, 0.5) is 0 Å². The Morgan fingerprint density at radius 2 is 1.21 bits per heavy atom. The summed E-state index contributed by atoms with van der Waals surface area (Å²) in [5.41, 5.74) is 8.18. The van der Waals surface area contributed by atoms with Gasteiger partial charge in [-0.05, 0) is 62.0 Å². The van der Waals surface area contributed by atoms with E-state index in [-0.39, 0.29) is 62.4 Å². The van der Waals surface area contributed by atoms with Crippen molar-refractivity contribution in [2.45, 2.75) is 160 Å².